The molecule has 5 unspecified atom stereocenters. The van der Waals surface area contributed by atoms with E-state index in [1.807, 2.05) is 60.7 Å². The lowest BCUT2D eigenvalue weighted by molar-refractivity contribution is -0.141. The summed E-state index contributed by atoms with van der Waals surface area (Å²) in [6, 6.07) is 15.0. The molecule has 4 heterocycles. The number of aromatic amines is 1. The van der Waals surface area contributed by atoms with Crippen LogP contribution in [0.25, 0.3) is 21.7 Å². The van der Waals surface area contributed by atoms with E-state index < -0.39 is 68.5 Å². The van der Waals surface area contributed by atoms with Crippen molar-refractivity contribution < 1.29 is 32.3 Å². The number of amides is 4. The number of ether oxygens (including phenoxy) is 1. The quantitative estimate of drug-likeness (QED) is 0.161. The van der Waals surface area contributed by atoms with E-state index in [9.17, 15) is 27.6 Å². The zero-order valence-electron chi connectivity index (χ0n) is 29.9. The van der Waals surface area contributed by atoms with Crippen molar-refractivity contribution in [2.24, 2.45) is 5.92 Å². The van der Waals surface area contributed by atoms with Crippen LogP contribution in [0.15, 0.2) is 66.7 Å². The van der Waals surface area contributed by atoms with Gasteiger partial charge < -0.3 is 20.3 Å². The first-order valence-corrected chi connectivity index (χ1v) is 20.2. The minimum absolute atomic E-state index is 0.00617. The van der Waals surface area contributed by atoms with Gasteiger partial charge in [0.2, 0.25) is 27.7 Å². The molecule has 15 heteroatoms. The van der Waals surface area contributed by atoms with Crippen molar-refractivity contribution in [1.29, 1.82) is 0 Å². The van der Waals surface area contributed by atoms with Crippen LogP contribution in [0.1, 0.15) is 74.0 Å². The monoisotopic (exact) mass is 753 g/mol. The van der Waals surface area contributed by atoms with E-state index in [4.69, 9.17) is 9.72 Å². The summed E-state index contributed by atoms with van der Waals surface area (Å²) in [4.78, 5) is 62.4. The fraction of sp³-hybridized carbons (Fsp3) is 0.436. The fourth-order valence-electron chi connectivity index (χ4n) is 7.73. The highest BCUT2D eigenvalue weighted by atomic mass is 32.2. The number of aromatic nitrogens is 3. The van der Waals surface area contributed by atoms with Crippen LogP contribution in [0.5, 0.6) is 5.88 Å². The summed E-state index contributed by atoms with van der Waals surface area (Å²) >= 11 is 0. The zero-order chi connectivity index (χ0) is 37.6. The summed E-state index contributed by atoms with van der Waals surface area (Å²) in [7, 11) is -3.89. The Morgan fingerprint density at radius 3 is 2.50 bits per heavy atom. The molecule has 0 radical (unpaired) electrons. The van der Waals surface area contributed by atoms with Crippen molar-refractivity contribution in [2.45, 2.75) is 93.7 Å². The van der Waals surface area contributed by atoms with Crippen LogP contribution in [0, 0.1) is 12.8 Å². The molecule has 4 aromatic rings. The van der Waals surface area contributed by atoms with Crippen molar-refractivity contribution in [3.05, 3.63) is 78.1 Å². The number of sulfonamides is 1. The van der Waals surface area contributed by atoms with Crippen LogP contribution in [-0.4, -0.2) is 87.6 Å². The Morgan fingerprint density at radius 2 is 1.74 bits per heavy atom. The lowest BCUT2D eigenvalue weighted by Crippen LogP contribution is -2.58. The lowest BCUT2D eigenvalue weighted by Gasteiger charge is -2.29. The van der Waals surface area contributed by atoms with E-state index in [-0.39, 0.29) is 25.1 Å². The normalized spacial score (nSPS) is 26.9. The summed E-state index contributed by atoms with van der Waals surface area (Å²) in [6.07, 6.45) is 7.63. The topological polar surface area (TPSA) is 193 Å². The Kier molecular flexibility index (Phi) is 9.36. The Balaban J connectivity index is 1.12. The van der Waals surface area contributed by atoms with Gasteiger partial charge in [-0.3, -0.25) is 29.0 Å². The van der Waals surface area contributed by atoms with E-state index in [0.29, 0.717) is 43.7 Å². The molecule has 1 saturated heterocycles. The number of fused-ring (bicyclic) bond motifs is 5. The van der Waals surface area contributed by atoms with Crippen molar-refractivity contribution in [2.75, 3.05) is 6.54 Å². The second kappa shape index (κ2) is 14.2. The van der Waals surface area contributed by atoms with E-state index >= 15 is 0 Å². The molecule has 2 aromatic carbocycles. The summed E-state index contributed by atoms with van der Waals surface area (Å²) in [5.41, 5.74) is 0.0619. The van der Waals surface area contributed by atoms with Gasteiger partial charge in [0.05, 0.1) is 17.3 Å². The average molecular weight is 754 g/mol. The van der Waals surface area contributed by atoms with Crippen molar-refractivity contribution in [1.82, 2.24) is 35.4 Å². The Labute approximate surface area is 312 Å². The maximum atomic E-state index is 14.6. The van der Waals surface area contributed by atoms with Gasteiger partial charge in [-0.05, 0) is 69.0 Å². The maximum absolute atomic E-state index is 14.6. The molecule has 2 aromatic heterocycles. The summed E-state index contributed by atoms with van der Waals surface area (Å²) in [5, 5.41) is 14.6. The van der Waals surface area contributed by atoms with Gasteiger partial charge in [-0.2, -0.15) is 5.10 Å². The Hall–Kier alpha value is -5.31. The Bertz CT molecular complexity index is 2290. The predicted molar refractivity (Wildman–Crippen MR) is 200 cm³/mol. The number of aryl methyl sites for hydroxylation is 1. The van der Waals surface area contributed by atoms with Gasteiger partial charge in [-0.1, -0.05) is 61.4 Å². The molecule has 4 amide bonds. The molecule has 282 valence electrons. The smallest absolute Gasteiger partial charge is 0.272 e. The fourth-order valence-corrected chi connectivity index (χ4v) is 9.10. The number of carbonyl (C=O) groups is 4. The summed E-state index contributed by atoms with van der Waals surface area (Å²) in [6.45, 7) is 1.78. The third-order valence-corrected chi connectivity index (χ3v) is 12.8. The third kappa shape index (κ3) is 7.04. The van der Waals surface area contributed by atoms with Gasteiger partial charge in [-0.25, -0.2) is 13.4 Å². The number of H-pyrrole nitrogens is 1. The standard InChI is InChI=1S/C39H43N7O7S/c1-23-19-32(44-43-23)34(47)40-31-16-6-4-2-3-5-11-24-21-39(24,38(50)45-54(51,52)26-17-18-26)42-35(48)33-20-25(22-46(33)37(31)49)53-36-29-14-8-7-12-27(29)28-13-9-10-15-30(28)41-36/h5,7-15,19,24-26,31,33H,2-4,6,16-18,20-22H2,1H3,(H,40,47)(H,42,48)(H,43,44)(H,45,50)/b11-5-. The van der Waals surface area contributed by atoms with Gasteiger partial charge in [-0.15, -0.1) is 0 Å². The van der Waals surface area contributed by atoms with E-state index in [1.165, 1.54) is 4.90 Å². The molecule has 0 bridgehead atoms. The summed E-state index contributed by atoms with van der Waals surface area (Å²) in [5.74, 6) is -2.44. The molecule has 8 rings (SSSR count). The number of pyridine rings is 1. The van der Waals surface area contributed by atoms with Crippen molar-refractivity contribution >= 4 is 55.3 Å². The van der Waals surface area contributed by atoms with Gasteiger partial charge in [0.1, 0.15) is 29.4 Å². The molecule has 3 fully saturated rings. The van der Waals surface area contributed by atoms with Crippen LogP contribution in [0.3, 0.4) is 0 Å². The van der Waals surface area contributed by atoms with Crippen molar-refractivity contribution in [3.8, 4) is 5.88 Å². The molecule has 14 nitrogen and oxygen atoms in total. The van der Waals surface area contributed by atoms with E-state index in [1.54, 1.807) is 13.0 Å². The minimum Gasteiger partial charge on any atom is -0.472 e. The minimum atomic E-state index is -3.89. The van der Waals surface area contributed by atoms with Crippen molar-refractivity contribution in [3.63, 3.8) is 0 Å². The molecule has 54 heavy (non-hydrogen) atoms. The SMILES string of the molecule is Cc1cc(C(=O)NC2CCCCC/C=C\C3CC3(C(=O)NS(=O)(=O)C3CC3)NC(=O)C3CC(Oc4nc5ccccc5c5ccccc45)CN3C2=O)n[nH]1. The third-order valence-electron chi connectivity index (χ3n) is 10.9. The summed E-state index contributed by atoms with van der Waals surface area (Å²) < 4.78 is 34.5. The molecule has 4 N–H and O–H groups in total. The van der Waals surface area contributed by atoms with Gasteiger partial charge in [0.25, 0.3) is 11.8 Å². The van der Waals surface area contributed by atoms with E-state index in [2.05, 4.69) is 25.6 Å². The van der Waals surface area contributed by atoms with E-state index in [0.717, 1.165) is 34.5 Å². The largest absolute Gasteiger partial charge is 0.472 e. The molecular formula is C39H43N7O7S. The molecule has 2 aliphatic heterocycles. The van der Waals surface area contributed by atoms with Gasteiger partial charge in [0.15, 0.2) is 0 Å². The second-order valence-electron chi connectivity index (χ2n) is 14.9. The highest BCUT2D eigenvalue weighted by Crippen LogP contribution is 2.46. The number of carbonyl (C=O) groups excluding carboxylic acids is 4. The highest BCUT2D eigenvalue weighted by Gasteiger charge is 2.62. The first kappa shape index (κ1) is 35.7. The predicted octanol–water partition coefficient (Wildman–Crippen LogP) is 3.57. The molecular weight excluding hydrogens is 711 g/mol. The average Bonchev–Trinajstić information content (AvgIpc) is 4.05. The number of para-hydroxylation sites is 1. The number of nitrogens with one attached hydrogen (secondary N) is 4. The molecule has 4 aliphatic rings. The number of allylic oxidation sites excluding steroid dienone is 1. The van der Waals surface area contributed by atoms with Crippen LogP contribution < -0.4 is 20.1 Å². The first-order chi connectivity index (χ1) is 26.0. The number of rotatable bonds is 7. The highest BCUT2D eigenvalue weighted by molar-refractivity contribution is 7.91. The second-order valence-corrected chi connectivity index (χ2v) is 16.9. The van der Waals surface area contributed by atoms with Gasteiger partial charge >= 0.3 is 0 Å². The number of benzene rings is 2. The lowest BCUT2D eigenvalue weighted by atomic mass is 10.0. The number of hydrogen-bond donors (Lipinski definition) is 4. The first-order valence-electron chi connectivity index (χ1n) is 18.6. The van der Waals surface area contributed by atoms with Crippen LogP contribution in [-0.2, 0) is 24.4 Å². The van der Waals surface area contributed by atoms with Crippen LogP contribution in [0.4, 0.5) is 0 Å². The maximum Gasteiger partial charge on any atom is 0.272 e. The van der Waals surface area contributed by atoms with Gasteiger partial charge in [0, 0.05) is 28.8 Å². The molecule has 2 aliphatic carbocycles. The molecule has 5 atom stereocenters. The number of nitrogens with zero attached hydrogens (tertiary/aromatic N) is 3. The van der Waals surface area contributed by atoms with Crippen LogP contribution >= 0.6 is 0 Å². The van der Waals surface area contributed by atoms with Crippen LogP contribution in [0.2, 0.25) is 0 Å². The molecule has 2 saturated carbocycles. The number of hydrogen-bond acceptors (Lipinski definition) is 9. The molecule has 0 spiro atoms. The zero-order valence-corrected chi connectivity index (χ0v) is 30.7. The Morgan fingerprint density at radius 1 is 0.981 bits per heavy atom.